The molecule has 0 bridgehead atoms. The van der Waals surface area contributed by atoms with Crippen molar-refractivity contribution in [3.63, 3.8) is 0 Å². The third-order valence-corrected chi connectivity index (χ3v) is 4.84. The fourth-order valence-electron chi connectivity index (χ4n) is 3.25. The SMILES string of the molecule is CC1(C)CCc2cc(-c3ccc(Cl)cc3)ccc2C1OC(N)=O. The van der Waals surface area contributed by atoms with E-state index in [1.807, 2.05) is 30.3 Å². The standard InChI is InChI=1S/C19H20ClNO2/c1-19(2)10-9-14-11-13(12-3-6-15(20)7-4-12)5-8-16(14)17(19)23-18(21)22/h3-8,11,17H,9-10H2,1-2H3,(H2,21,22). The molecule has 23 heavy (non-hydrogen) atoms. The van der Waals surface area contributed by atoms with Gasteiger partial charge in [0.25, 0.3) is 0 Å². The van der Waals surface area contributed by atoms with Gasteiger partial charge in [-0.25, -0.2) is 4.79 Å². The summed E-state index contributed by atoms with van der Waals surface area (Å²) in [6, 6.07) is 14.1. The highest BCUT2D eigenvalue weighted by atomic mass is 35.5. The lowest BCUT2D eigenvalue weighted by molar-refractivity contribution is 0.0147. The molecular weight excluding hydrogens is 310 g/mol. The van der Waals surface area contributed by atoms with Gasteiger partial charge in [-0.05, 0) is 47.2 Å². The molecule has 2 aromatic carbocycles. The number of halogens is 1. The van der Waals surface area contributed by atoms with E-state index in [0.29, 0.717) is 0 Å². The number of fused-ring (bicyclic) bond motifs is 1. The van der Waals surface area contributed by atoms with Gasteiger partial charge in [0.2, 0.25) is 0 Å². The Labute approximate surface area is 141 Å². The molecule has 0 saturated carbocycles. The topological polar surface area (TPSA) is 52.3 Å². The average Bonchev–Trinajstić information content (AvgIpc) is 2.50. The van der Waals surface area contributed by atoms with Crippen molar-refractivity contribution in [2.75, 3.05) is 0 Å². The Morgan fingerprint density at radius 1 is 1.17 bits per heavy atom. The Bertz CT molecular complexity index is 738. The van der Waals surface area contributed by atoms with E-state index in [-0.39, 0.29) is 11.5 Å². The van der Waals surface area contributed by atoms with Crippen molar-refractivity contribution in [1.82, 2.24) is 0 Å². The summed E-state index contributed by atoms with van der Waals surface area (Å²) in [5.41, 5.74) is 9.66. The zero-order valence-corrected chi connectivity index (χ0v) is 14.1. The van der Waals surface area contributed by atoms with E-state index in [1.165, 1.54) is 5.56 Å². The normalized spacial score (nSPS) is 19.0. The molecule has 1 aliphatic carbocycles. The van der Waals surface area contributed by atoms with E-state index in [0.717, 1.165) is 34.6 Å². The molecule has 1 aliphatic rings. The quantitative estimate of drug-likeness (QED) is 0.831. The minimum atomic E-state index is -0.724. The maximum atomic E-state index is 11.3. The lowest BCUT2D eigenvalue weighted by Crippen LogP contribution is -2.33. The van der Waals surface area contributed by atoms with Crippen LogP contribution in [0.15, 0.2) is 42.5 Å². The minimum Gasteiger partial charge on any atom is -0.441 e. The summed E-state index contributed by atoms with van der Waals surface area (Å²) in [7, 11) is 0. The van der Waals surface area contributed by atoms with E-state index in [2.05, 4.69) is 26.0 Å². The fraction of sp³-hybridized carbons (Fsp3) is 0.316. The largest absolute Gasteiger partial charge is 0.441 e. The van der Waals surface area contributed by atoms with Crippen molar-refractivity contribution in [2.24, 2.45) is 11.1 Å². The predicted molar refractivity (Wildman–Crippen MR) is 92.4 cm³/mol. The third-order valence-electron chi connectivity index (χ3n) is 4.59. The number of hydrogen-bond donors (Lipinski definition) is 1. The number of aryl methyl sites for hydroxylation is 1. The van der Waals surface area contributed by atoms with Gasteiger partial charge in [0.1, 0.15) is 6.10 Å². The van der Waals surface area contributed by atoms with Crippen molar-refractivity contribution in [1.29, 1.82) is 0 Å². The molecule has 3 nitrogen and oxygen atoms in total. The Hall–Kier alpha value is -2.00. The monoisotopic (exact) mass is 329 g/mol. The van der Waals surface area contributed by atoms with Crippen molar-refractivity contribution in [2.45, 2.75) is 32.8 Å². The zero-order chi connectivity index (χ0) is 16.6. The van der Waals surface area contributed by atoms with Crippen LogP contribution >= 0.6 is 11.6 Å². The summed E-state index contributed by atoms with van der Waals surface area (Å²) in [4.78, 5) is 11.3. The molecule has 1 atom stereocenters. The molecular formula is C19H20ClNO2. The fourth-order valence-corrected chi connectivity index (χ4v) is 3.37. The minimum absolute atomic E-state index is 0.121. The van der Waals surface area contributed by atoms with Gasteiger partial charge in [-0.3, -0.25) is 0 Å². The number of rotatable bonds is 2. The molecule has 2 N–H and O–H groups in total. The first-order valence-corrected chi connectivity index (χ1v) is 8.09. The molecule has 1 amide bonds. The number of nitrogens with two attached hydrogens (primary N) is 1. The van der Waals surface area contributed by atoms with Crippen LogP contribution in [0.25, 0.3) is 11.1 Å². The smallest absolute Gasteiger partial charge is 0.405 e. The van der Waals surface area contributed by atoms with Gasteiger partial charge in [-0.15, -0.1) is 0 Å². The highest BCUT2D eigenvalue weighted by molar-refractivity contribution is 6.30. The molecule has 0 heterocycles. The van der Waals surface area contributed by atoms with Crippen molar-refractivity contribution in [3.05, 3.63) is 58.6 Å². The van der Waals surface area contributed by atoms with E-state index in [4.69, 9.17) is 22.1 Å². The van der Waals surface area contributed by atoms with Crippen LogP contribution in [0, 0.1) is 5.41 Å². The molecule has 0 fully saturated rings. The molecule has 0 spiro atoms. The summed E-state index contributed by atoms with van der Waals surface area (Å²) in [6.45, 7) is 4.22. The Kier molecular flexibility index (Phi) is 4.07. The van der Waals surface area contributed by atoms with E-state index < -0.39 is 6.09 Å². The first kappa shape index (κ1) is 15.9. The molecule has 0 radical (unpaired) electrons. The van der Waals surface area contributed by atoms with Gasteiger partial charge in [-0.1, -0.05) is 55.8 Å². The Morgan fingerprint density at radius 3 is 2.48 bits per heavy atom. The maximum Gasteiger partial charge on any atom is 0.405 e. The Morgan fingerprint density at radius 2 is 1.83 bits per heavy atom. The first-order chi connectivity index (χ1) is 10.9. The van der Waals surface area contributed by atoms with Crippen molar-refractivity contribution in [3.8, 4) is 11.1 Å². The maximum absolute atomic E-state index is 11.3. The van der Waals surface area contributed by atoms with Crippen molar-refractivity contribution < 1.29 is 9.53 Å². The van der Waals surface area contributed by atoms with Crippen LogP contribution in [-0.4, -0.2) is 6.09 Å². The zero-order valence-electron chi connectivity index (χ0n) is 13.3. The van der Waals surface area contributed by atoms with Gasteiger partial charge in [0, 0.05) is 10.4 Å². The number of ether oxygens (including phenoxy) is 1. The van der Waals surface area contributed by atoms with Crippen molar-refractivity contribution >= 4 is 17.7 Å². The Balaban J connectivity index is 2.00. The molecule has 3 rings (SSSR count). The summed E-state index contributed by atoms with van der Waals surface area (Å²) in [5.74, 6) is 0. The molecule has 0 aromatic heterocycles. The van der Waals surface area contributed by atoms with Crippen LogP contribution in [-0.2, 0) is 11.2 Å². The number of carbonyl (C=O) groups is 1. The number of carbonyl (C=O) groups excluding carboxylic acids is 1. The van der Waals surface area contributed by atoms with Crippen LogP contribution in [0.2, 0.25) is 5.02 Å². The van der Waals surface area contributed by atoms with Crippen LogP contribution in [0.5, 0.6) is 0 Å². The first-order valence-electron chi connectivity index (χ1n) is 7.72. The molecule has 4 heteroatoms. The van der Waals surface area contributed by atoms with Gasteiger partial charge in [0.15, 0.2) is 0 Å². The number of primary amides is 1. The molecule has 0 aliphatic heterocycles. The number of hydrogen-bond acceptors (Lipinski definition) is 2. The number of benzene rings is 2. The molecule has 0 saturated heterocycles. The van der Waals surface area contributed by atoms with Crippen LogP contribution in [0.4, 0.5) is 4.79 Å². The van der Waals surface area contributed by atoms with Crippen LogP contribution < -0.4 is 5.73 Å². The van der Waals surface area contributed by atoms with Crippen LogP contribution in [0.1, 0.15) is 37.5 Å². The van der Waals surface area contributed by atoms with Gasteiger partial charge in [-0.2, -0.15) is 0 Å². The van der Waals surface area contributed by atoms with Crippen LogP contribution in [0.3, 0.4) is 0 Å². The number of amides is 1. The average molecular weight is 330 g/mol. The van der Waals surface area contributed by atoms with E-state index in [9.17, 15) is 4.79 Å². The van der Waals surface area contributed by atoms with Gasteiger partial charge < -0.3 is 10.5 Å². The lowest BCUT2D eigenvalue weighted by Gasteiger charge is -2.39. The molecule has 2 aromatic rings. The summed E-state index contributed by atoms with van der Waals surface area (Å²) >= 11 is 5.95. The third kappa shape index (κ3) is 3.20. The van der Waals surface area contributed by atoms with E-state index in [1.54, 1.807) is 0 Å². The van der Waals surface area contributed by atoms with Gasteiger partial charge in [0.05, 0.1) is 0 Å². The predicted octanol–water partition coefficient (Wildman–Crippen LogP) is 5.12. The summed E-state index contributed by atoms with van der Waals surface area (Å²) < 4.78 is 5.42. The van der Waals surface area contributed by atoms with E-state index >= 15 is 0 Å². The highest BCUT2D eigenvalue weighted by Gasteiger charge is 2.38. The van der Waals surface area contributed by atoms with Gasteiger partial charge >= 0.3 is 6.09 Å². The molecule has 120 valence electrons. The molecule has 1 unspecified atom stereocenters. The second-order valence-corrected chi connectivity index (χ2v) is 7.16. The highest BCUT2D eigenvalue weighted by Crippen LogP contribution is 2.46. The second kappa shape index (κ2) is 5.89. The summed E-state index contributed by atoms with van der Waals surface area (Å²) in [5, 5.41) is 0.725. The second-order valence-electron chi connectivity index (χ2n) is 6.73. The summed E-state index contributed by atoms with van der Waals surface area (Å²) in [6.07, 6.45) is 0.880. The lowest BCUT2D eigenvalue weighted by atomic mass is 9.71.